The van der Waals surface area contributed by atoms with Gasteiger partial charge < -0.3 is 9.88 Å². The molecule has 0 saturated carbocycles. The number of anilines is 1. The Labute approximate surface area is 133 Å². The molecule has 3 nitrogen and oxygen atoms in total. The quantitative estimate of drug-likeness (QED) is 0.749. The number of hydrogen-bond donors (Lipinski definition) is 1. The van der Waals surface area contributed by atoms with E-state index < -0.39 is 0 Å². The number of hydrogen-bond acceptors (Lipinski definition) is 2. The van der Waals surface area contributed by atoms with E-state index in [0.717, 1.165) is 16.9 Å². The molecule has 1 aromatic heterocycles. The smallest absolute Gasteiger partial charge is 0.0991 e. The van der Waals surface area contributed by atoms with Crippen molar-refractivity contribution in [2.75, 3.05) is 5.32 Å². The third-order valence-corrected chi connectivity index (χ3v) is 3.71. The second kappa shape index (κ2) is 6.20. The number of halogens is 2. The number of aromatic nitrogens is 2. The van der Waals surface area contributed by atoms with E-state index in [2.05, 4.69) is 34.6 Å². The molecule has 106 valence electrons. The molecule has 3 rings (SSSR count). The second-order valence-corrected chi connectivity index (χ2v) is 5.46. The van der Waals surface area contributed by atoms with Gasteiger partial charge in [-0.05, 0) is 35.9 Å². The Morgan fingerprint density at radius 1 is 1.05 bits per heavy atom. The van der Waals surface area contributed by atoms with Gasteiger partial charge in [0.15, 0.2) is 0 Å². The third kappa shape index (κ3) is 3.38. The van der Waals surface area contributed by atoms with E-state index in [1.165, 1.54) is 0 Å². The molecule has 0 bridgehead atoms. The minimum absolute atomic E-state index is 0.662. The van der Waals surface area contributed by atoms with Gasteiger partial charge in [0.2, 0.25) is 0 Å². The fourth-order valence-electron chi connectivity index (χ4n) is 2.03. The Bertz CT molecular complexity index is 722. The fourth-order valence-corrected chi connectivity index (χ4v) is 2.38. The van der Waals surface area contributed by atoms with E-state index in [1.54, 1.807) is 24.7 Å². The highest BCUT2D eigenvalue weighted by Crippen LogP contribution is 2.25. The summed E-state index contributed by atoms with van der Waals surface area (Å²) in [5.74, 6) is 0. The summed E-state index contributed by atoms with van der Waals surface area (Å²) >= 11 is 12.1. The highest BCUT2D eigenvalue weighted by Gasteiger charge is 2.02. The van der Waals surface area contributed by atoms with Gasteiger partial charge in [0, 0.05) is 29.6 Å². The predicted molar refractivity (Wildman–Crippen MR) is 87.4 cm³/mol. The first-order valence-electron chi connectivity index (χ1n) is 6.48. The molecular formula is C16H13Cl2N3. The molecule has 0 spiro atoms. The number of imidazole rings is 1. The molecule has 0 amide bonds. The van der Waals surface area contributed by atoms with E-state index in [1.807, 2.05) is 16.8 Å². The molecule has 21 heavy (non-hydrogen) atoms. The molecule has 0 radical (unpaired) electrons. The van der Waals surface area contributed by atoms with Crippen LogP contribution in [0, 0.1) is 0 Å². The Morgan fingerprint density at radius 2 is 1.86 bits per heavy atom. The zero-order valence-corrected chi connectivity index (χ0v) is 12.6. The Morgan fingerprint density at radius 3 is 2.57 bits per heavy atom. The van der Waals surface area contributed by atoms with Crippen LogP contribution in [0.5, 0.6) is 0 Å². The maximum atomic E-state index is 6.12. The van der Waals surface area contributed by atoms with Crippen molar-refractivity contribution in [2.45, 2.75) is 6.54 Å². The molecule has 0 atom stereocenters. The van der Waals surface area contributed by atoms with Crippen molar-refractivity contribution in [1.29, 1.82) is 0 Å². The van der Waals surface area contributed by atoms with E-state index in [9.17, 15) is 0 Å². The highest BCUT2D eigenvalue weighted by atomic mass is 35.5. The van der Waals surface area contributed by atoms with Crippen molar-refractivity contribution in [1.82, 2.24) is 9.55 Å². The first-order valence-corrected chi connectivity index (χ1v) is 7.24. The van der Waals surface area contributed by atoms with Gasteiger partial charge in [-0.25, -0.2) is 4.98 Å². The number of nitrogens with zero attached hydrogens (tertiary/aromatic N) is 2. The SMILES string of the molecule is Clc1ccc(Cl)c(NCc2ccc(-n3ccnc3)cc2)c1. The van der Waals surface area contributed by atoms with E-state index >= 15 is 0 Å². The summed E-state index contributed by atoms with van der Waals surface area (Å²) in [5, 5.41) is 4.61. The average Bonchev–Trinajstić information content (AvgIpc) is 3.03. The summed E-state index contributed by atoms with van der Waals surface area (Å²) in [7, 11) is 0. The van der Waals surface area contributed by atoms with Crippen molar-refractivity contribution < 1.29 is 0 Å². The summed E-state index contributed by atoms with van der Waals surface area (Å²) in [6.07, 6.45) is 5.45. The molecule has 2 aromatic carbocycles. The van der Waals surface area contributed by atoms with Crippen LogP contribution in [0.1, 0.15) is 5.56 Å². The van der Waals surface area contributed by atoms with Gasteiger partial charge in [-0.2, -0.15) is 0 Å². The van der Waals surface area contributed by atoms with Crippen molar-refractivity contribution >= 4 is 28.9 Å². The lowest BCUT2D eigenvalue weighted by atomic mass is 10.2. The van der Waals surface area contributed by atoms with Gasteiger partial charge in [0.25, 0.3) is 0 Å². The molecule has 5 heteroatoms. The lowest BCUT2D eigenvalue weighted by Crippen LogP contribution is -2.00. The van der Waals surface area contributed by atoms with Crippen molar-refractivity contribution in [3.8, 4) is 5.69 Å². The maximum absolute atomic E-state index is 6.12. The second-order valence-electron chi connectivity index (χ2n) is 4.61. The topological polar surface area (TPSA) is 29.9 Å². The zero-order chi connectivity index (χ0) is 14.7. The van der Waals surface area contributed by atoms with E-state index in [0.29, 0.717) is 16.6 Å². The molecule has 1 heterocycles. The molecule has 0 fully saturated rings. The number of nitrogens with one attached hydrogen (secondary N) is 1. The first kappa shape index (κ1) is 14.0. The van der Waals surface area contributed by atoms with Crippen molar-refractivity contribution in [2.24, 2.45) is 0 Å². The van der Waals surface area contributed by atoms with Crippen LogP contribution < -0.4 is 5.32 Å². The minimum Gasteiger partial charge on any atom is -0.380 e. The summed E-state index contributed by atoms with van der Waals surface area (Å²) in [6, 6.07) is 13.6. The van der Waals surface area contributed by atoms with Crippen LogP contribution in [0.15, 0.2) is 61.2 Å². The van der Waals surface area contributed by atoms with Gasteiger partial charge in [0.05, 0.1) is 17.0 Å². The highest BCUT2D eigenvalue weighted by molar-refractivity contribution is 6.35. The van der Waals surface area contributed by atoms with Crippen LogP contribution in [0.3, 0.4) is 0 Å². The average molecular weight is 318 g/mol. The molecule has 0 aliphatic carbocycles. The summed E-state index contributed by atoms with van der Waals surface area (Å²) in [4.78, 5) is 4.04. The third-order valence-electron chi connectivity index (χ3n) is 3.15. The first-order chi connectivity index (χ1) is 10.2. The Balaban J connectivity index is 1.70. The van der Waals surface area contributed by atoms with Gasteiger partial charge >= 0.3 is 0 Å². The van der Waals surface area contributed by atoms with E-state index in [-0.39, 0.29) is 0 Å². The fraction of sp³-hybridized carbons (Fsp3) is 0.0625. The lowest BCUT2D eigenvalue weighted by Gasteiger charge is -2.10. The van der Waals surface area contributed by atoms with E-state index in [4.69, 9.17) is 23.2 Å². The molecule has 1 N–H and O–H groups in total. The van der Waals surface area contributed by atoms with Crippen LogP contribution in [0.2, 0.25) is 10.0 Å². The van der Waals surface area contributed by atoms with Gasteiger partial charge in [0.1, 0.15) is 0 Å². The summed E-state index contributed by atoms with van der Waals surface area (Å²) < 4.78 is 1.96. The van der Waals surface area contributed by atoms with Gasteiger partial charge in [-0.15, -0.1) is 0 Å². The molecule has 3 aromatic rings. The van der Waals surface area contributed by atoms with Crippen molar-refractivity contribution in [3.05, 3.63) is 76.8 Å². The lowest BCUT2D eigenvalue weighted by molar-refractivity contribution is 1.05. The van der Waals surface area contributed by atoms with Gasteiger partial charge in [-0.1, -0.05) is 35.3 Å². The maximum Gasteiger partial charge on any atom is 0.0991 e. The zero-order valence-electron chi connectivity index (χ0n) is 11.1. The molecule has 0 saturated heterocycles. The number of rotatable bonds is 4. The standard InChI is InChI=1S/C16H13Cl2N3/c17-13-3-6-15(18)16(9-13)20-10-12-1-4-14(5-2-12)21-8-7-19-11-21/h1-9,11,20H,10H2. The molecule has 0 aliphatic rings. The minimum atomic E-state index is 0.662. The molecule has 0 unspecified atom stereocenters. The molecular weight excluding hydrogens is 305 g/mol. The molecule has 0 aliphatic heterocycles. The summed E-state index contributed by atoms with van der Waals surface area (Å²) in [5.41, 5.74) is 3.08. The monoisotopic (exact) mass is 317 g/mol. The Hall–Kier alpha value is -1.97. The van der Waals surface area contributed by atoms with Crippen LogP contribution in [0.25, 0.3) is 5.69 Å². The van der Waals surface area contributed by atoms with Crippen LogP contribution in [-0.4, -0.2) is 9.55 Å². The normalized spacial score (nSPS) is 10.6. The van der Waals surface area contributed by atoms with Crippen LogP contribution in [-0.2, 0) is 6.54 Å². The van der Waals surface area contributed by atoms with Gasteiger partial charge in [-0.3, -0.25) is 0 Å². The van der Waals surface area contributed by atoms with Crippen LogP contribution >= 0.6 is 23.2 Å². The largest absolute Gasteiger partial charge is 0.380 e. The predicted octanol–water partition coefficient (Wildman–Crippen LogP) is 4.79. The van der Waals surface area contributed by atoms with Crippen molar-refractivity contribution in [3.63, 3.8) is 0 Å². The van der Waals surface area contributed by atoms with Crippen LogP contribution in [0.4, 0.5) is 5.69 Å². The number of benzene rings is 2. The Kier molecular flexibility index (Phi) is 4.13. The summed E-state index contributed by atoms with van der Waals surface area (Å²) in [6.45, 7) is 0.685.